The van der Waals surface area contributed by atoms with E-state index in [2.05, 4.69) is 19.7 Å². The summed E-state index contributed by atoms with van der Waals surface area (Å²) in [6, 6.07) is 0. The van der Waals surface area contributed by atoms with Crippen LogP contribution in [0.15, 0.2) is 38.0 Å². The van der Waals surface area contributed by atoms with Crippen LogP contribution in [0.1, 0.15) is 19.3 Å². The number of ether oxygens (including phenoxy) is 2. The molecule has 0 aliphatic rings. The highest BCUT2D eigenvalue weighted by Crippen LogP contribution is 2.07. The highest BCUT2D eigenvalue weighted by Gasteiger charge is 2.14. The van der Waals surface area contributed by atoms with Crippen molar-refractivity contribution in [3.63, 3.8) is 0 Å². The number of carbonyl (C=O) groups is 2. The first-order valence-electron chi connectivity index (χ1n) is 5.37. The number of rotatable bonds is 9. The van der Waals surface area contributed by atoms with Crippen LogP contribution in [0.3, 0.4) is 0 Å². The standard InChI is InChI=1S/C13H18O4/c1-4-7-8-9-11(17-13(15)6-3)10-16-12(14)5-2/h4-6,11H,1-3,7-10H2. The molecule has 0 aliphatic heterocycles. The maximum atomic E-state index is 11.0. The SMILES string of the molecule is C=CCCCC(COC(=O)C=C)OC(=O)C=C. The molecule has 17 heavy (non-hydrogen) atoms. The van der Waals surface area contributed by atoms with E-state index in [1.165, 1.54) is 0 Å². The van der Waals surface area contributed by atoms with Gasteiger partial charge in [0.15, 0.2) is 0 Å². The first kappa shape index (κ1) is 15.2. The zero-order valence-corrected chi connectivity index (χ0v) is 9.89. The van der Waals surface area contributed by atoms with E-state index in [-0.39, 0.29) is 6.61 Å². The molecule has 0 aliphatic carbocycles. The molecule has 0 aromatic rings. The predicted molar refractivity (Wildman–Crippen MR) is 65.3 cm³/mol. The molecule has 0 amide bonds. The van der Waals surface area contributed by atoms with E-state index in [4.69, 9.17) is 9.47 Å². The summed E-state index contributed by atoms with van der Waals surface area (Å²) < 4.78 is 9.87. The van der Waals surface area contributed by atoms with Crippen molar-refractivity contribution in [3.05, 3.63) is 38.0 Å². The highest BCUT2D eigenvalue weighted by molar-refractivity contribution is 5.82. The van der Waals surface area contributed by atoms with Gasteiger partial charge in [-0.15, -0.1) is 6.58 Å². The van der Waals surface area contributed by atoms with Crippen LogP contribution in [0.25, 0.3) is 0 Å². The number of allylic oxidation sites excluding steroid dienone is 1. The molecule has 4 heteroatoms. The molecule has 0 rings (SSSR count). The lowest BCUT2D eigenvalue weighted by Gasteiger charge is -2.16. The quantitative estimate of drug-likeness (QED) is 0.267. The summed E-state index contributed by atoms with van der Waals surface area (Å²) in [7, 11) is 0. The Labute approximate surface area is 102 Å². The summed E-state index contributed by atoms with van der Waals surface area (Å²) in [5, 5.41) is 0. The molecule has 0 spiro atoms. The average Bonchev–Trinajstić information content (AvgIpc) is 2.35. The average molecular weight is 238 g/mol. The molecule has 0 aromatic carbocycles. The van der Waals surface area contributed by atoms with Gasteiger partial charge in [0.1, 0.15) is 12.7 Å². The summed E-state index contributed by atoms with van der Waals surface area (Å²) in [4.78, 5) is 21.9. The van der Waals surface area contributed by atoms with Crippen LogP contribution in [0, 0.1) is 0 Å². The van der Waals surface area contributed by atoms with Crippen LogP contribution in [0.5, 0.6) is 0 Å². The van der Waals surface area contributed by atoms with Crippen molar-refractivity contribution >= 4 is 11.9 Å². The molecule has 1 unspecified atom stereocenters. The number of carbonyl (C=O) groups excluding carboxylic acids is 2. The molecular formula is C13H18O4. The molecule has 0 fully saturated rings. The molecule has 1 atom stereocenters. The van der Waals surface area contributed by atoms with E-state index in [1.54, 1.807) is 6.08 Å². The lowest BCUT2D eigenvalue weighted by Crippen LogP contribution is -2.24. The van der Waals surface area contributed by atoms with E-state index in [9.17, 15) is 9.59 Å². The Hall–Kier alpha value is -1.84. The molecule has 0 radical (unpaired) electrons. The van der Waals surface area contributed by atoms with Gasteiger partial charge in [-0.25, -0.2) is 9.59 Å². The van der Waals surface area contributed by atoms with Gasteiger partial charge in [-0.05, 0) is 19.3 Å². The maximum absolute atomic E-state index is 11.0. The number of esters is 2. The fourth-order valence-electron chi connectivity index (χ4n) is 1.11. The molecule has 0 aromatic heterocycles. The number of hydrogen-bond acceptors (Lipinski definition) is 4. The summed E-state index contributed by atoms with van der Waals surface area (Å²) >= 11 is 0. The van der Waals surface area contributed by atoms with Crippen molar-refractivity contribution in [1.29, 1.82) is 0 Å². The second kappa shape index (κ2) is 9.39. The normalized spacial score (nSPS) is 11.1. The van der Waals surface area contributed by atoms with E-state index in [0.29, 0.717) is 6.42 Å². The topological polar surface area (TPSA) is 52.6 Å². The summed E-state index contributed by atoms with van der Waals surface area (Å²) in [5.74, 6) is -1.06. The van der Waals surface area contributed by atoms with Crippen molar-refractivity contribution in [2.75, 3.05) is 6.61 Å². The van der Waals surface area contributed by atoms with E-state index < -0.39 is 18.0 Å². The monoisotopic (exact) mass is 238 g/mol. The largest absolute Gasteiger partial charge is 0.459 e. The van der Waals surface area contributed by atoms with Gasteiger partial charge in [-0.3, -0.25) is 0 Å². The van der Waals surface area contributed by atoms with Gasteiger partial charge < -0.3 is 9.47 Å². The fraction of sp³-hybridized carbons (Fsp3) is 0.385. The van der Waals surface area contributed by atoms with Gasteiger partial charge in [-0.1, -0.05) is 19.2 Å². The lowest BCUT2D eigenvalue weighted by molar-refractivity contribution is -0.153. The summed E-state index contributed by atoms with van der Waals surface area (Å²) in [6.45, 7) is 10.2. The van der Waals surface area contributed by atoms with Crippen LogP contribution >= 0.6 is 0 Å². The molecule has 0 saturated carbocycles. The Morgan fingerprint density at radius 1 is 1.12 bits per heavy atom. The molecule has 0 bridgehead atoms. The number of hydrogen-bond donors (Lipinski definition) is 0. The van der Waals surface area contributed by atoms with Crippen LogP contribution in [-0.2, 0) is 19.1 Å². The third-order valence-electron chi connectivity index (χ3n) is 1.96. The third-order valence-corrected chi connectivity index (χ3v) is 1.96. The Bertz CT molecular complexity index is 294. The molecular weight excluding hydrogens is 220 g/mol. The first-order valence-corrected chi connectivity index (χ1v) is 5.37. The van der Waals surface area contributed by atoms with Gasteiger partial charge in [0, 0.05) is 12.2 Å². The first-order chi connectivity index (χ1) is 8.13. The van der Waals surface area contributed by atoms with E-state index >= 15 is 0 Å². The minimum atomic E-state index is -0.534. The highest BCUT2D eigenvalue weighted by atomic mass is 16.6. The minimum Gasteiger partial charge on any atom is -0.459 e. The summed E-state index contributed by atoms with van der Waals surface area (Å²) in [5.41, 5.74) is 0. The Morgan fingerprint density at radius 2 is 1.76 bits per heavy atom. The molecule has 4 nitrogen and oxygen atoms in total. The minimum absolute atomic E-state index is 0.0293. The number of unbranched alkanes of at least 4 members (excludes halogenated alkanes) is 1. The second-order valence-electron chi connectivity index (χ2n) is 3.32. The van der Waals surface area contributed by atoms with Crippen LogP contribution in [0.2, 0.25) is 0 Å². The molecule has 0 saturated heterocycles. The van der Waals surface area contributed by atoms with Crippen molar-refractivity contribution in [2.45, 2.75) is 25.4 Å². The smallest absolute Gasteiger partial charge is 0.330 e. The van der Waals surface area contributed by atoms with Gasteiger partial charge in [0.2, 0.25) is 0 Å². The second-order valence-corrected chi connectivity index (χ2v) is 3.32. The fourth-order valence-corrected chi connectivity index (χ4v) is 1.11. The van der Waals surface area contributed by atoms with Crippen molar-refractivity contribution < 1.29 is 19.1 Å². The van der Waals surface area contributed by atoms with Gasteiger partial charge in [-0.2, -0.15) is 0 Å². The lowest BCUT2D eigenvalue weighted by atomic mass is 10.1. The van der Waals surface area contributed by atoms with Crippen molar-refractivity contribution in [1.82, 2.24) is 0 Å². The zero-order valence-electron chi connectivity index (χ0n) is 9.89. The Balaban J connectivity index is 4.12. The maximum Gasteiger partial charge on any atom is 0.330 e. The zero-order chi connectivity index (χ0) is 13.1. The Morgan fingerprint density at radius 3 is 2.29 bits per heavy atom. The molecule has 0 N–H and O–H groups in total. The Kier molecular flexibility index (Phi) is 8.37. The van der Waals surface area contributed by atoms with Gasteiger partial charge >= 0.3 is 11.9 Å². The summed E-state index contributed by atoms with van der Waals surface area (Å²) in [6.07, 6.45) is 5.70. The third kappa shape index (κ3) is 8.02. The predicted octanol–water partition coefficient (Wildman–Crippen LogP) is 2.17. The van der Waals surface area contributed by atoms with E-state index in [1.807, 2.05) is 0 Å². The molecule has 0 heterocycles. The van der Waals surface area contributed by atoms with Crippen molar-refractivity contribution in [3.8, 4) is 0 Å². The van der Waals surface area contributed by atoms with Crippen LogP contribution in [-0.4, -0.2) is 24.6 Å². The van der Waals surface area contributed by atoms with Crippen LogP contribution < -0.4 is 0 Å². The van der Waals surface area contributed by atoms with Gasteiger partial charge in [0.25, 0.3) is 0 Å². The van der Waals surface area contributed by atoms with Crippen LogP contribution in [0.4, 0.5) is 0 Å². The van der Waals surface area contributed by atoms with Crippen molar-refractivity contribution in [2.24, 2.45) is 0 Å². The van der Waals surface area contributed by atoms with E-state index in [0.717, 1.165) is 25.0 Å². The molecule has 94 valence electrons. The van der Waals surface area contributed by atoms with Gasteiger partial charge in [0.05, 0.1) is 0 Å².